The van der Waals surface area contributed by atoms with Crippen LogP contribution in [0.25, 0.3) is 0 Å². The van der Waals surface area contributed by atoms with E-state index < -0.39 is 11.1 Å². The Morgan fingerprint density at radius 1 is 1.19 bits per heavy atom. The summed E-state index contributed by atoms with van der Waals surface area (Å²) >= 11 is -1.33. The minimum Gasteiger partial charge on any atom is -0.549 e. The molecule has 2 heterocycles. The van der Waals surface area contributed by atoms with Crippen LogP contribution >= 0.6 is 11.1 Å². The Morgan fingerprint density at radius 3 is 2.65 bits per heavy atom. The highest BCUT2D eigenvalue weighted by Crippen LogP contribution is 2.14. The average Bonchev–Trinajstić information content (AvgIpc) is 3.03. The lowest BCUT2D eigenvalue weighted by Gasteiger charge is -2.26. The van der Waals surface area contributed by atoms with Crippen molar-refractivity contribution in [3.05, 3.63) is 40.8 Å². The molecule has 1 aromatic heterocycles. The van der Waals surface area contributed by atoms with Crippen molar-refractivity contribution >= 4 is 11.1 Å². The minimum atomic E-state index is -1.33. The van der Waals surface area contributed by atoms with Crippen molar-refractivity contribution in [3.63, 3.8) is 0 Å². The molecule has 9 heteroatoms. The molecule has 1 aliphatic rings. The number of rotatable bonds is 7. The van der Waals surface area contributed by atoms with Crippen LogP contribution in [0.2, 0.25) is 0 Å². The lowest BCUT2D eigenvalue weighted by atomic mass is 10.2. The molecule has 26 heavy (non-hydrogen) atoms. The molecule has 0 aliphatic carbocycles. The highest BCUT2D eigenvalue weighted by molar-refractivity contribution is 7.13. The van der Waals surface area contributed by atoms with Crippen molar-refractivity contribution in [2.75, 3.05) is 46.5 Å². The molecule has 2 aromatic rings. The molecule has 1 unspecified atom stereocenters. The summed E-state index contributed by atoms with van der Waals surface area (Å²) in [6.07, 6.45) is 0.768. The third-order valence-corrected chi connectivity index (χ3v) is 4.86. The molecule has 0 amide bonds. The second-order valence-corrected chi connectivity index (χ2v) is 6.96. The average molecular weight is 379 g/mol. The molecule has 8 nitrogen and oxygen atoms in total. The van der Waals surface area contributed by atoms with Gasteiger partial charge in [-0.15, -0.1) is 0 Å². The van der Waals surface area contributed by atoms with Crippen LogP contribution in [0.1, 0.15) is 12.0 Å². The van der Waals surface area contributed by atoms with Crippen LogP contribution in [0, 0.1) is 0 Å². The lowest BCUT2D eigenvalue weighted by Crippen LogP contribution is -2.35. The van der Waals surface area contributed by atoms with E-state index in [9.17, 15) is 4.55 Å². The number of morpholine rings is 1. The molecular weight excluding hydrogens is 354 g/mol. The molecule has 1 aliphatic heterocycles. The molecule has 1 fully saturated rings. The van der Waals surface area contributed by atoms with E-state index in [1.165, 1.54) is 5.56 Å². The van der Waals surface area contributed by atoms with Crippen LogP contribution < -0.4 is 15.7 Å². The summed E-state index contributed by atoms with van der Waals surface area (Å²) in [5.74, 6) is 0.862. The van der Waals surface area contributed by atoms with Gasteiger partial charge in [0, 0.05) is 39.6 Å². The fourth-order valence-electron chi connectivity index (χ4n) is 2.71. The summed E-state index contributed by atoms with van der Waals surface area (Å²) in [4.78, 5) is 10.7. The fraction of sp³-hybridized carbons (Fsp3) is 0.529. The van der Waals surface area contributed by atoms with Gasteiger partial charge in [-0.05, 0) is 17.7 Å². The zero-order valence-electron chi connectivity index (χ0n) is 14.9. The minimum absolute atomic E-state index is 0.528. The van der Waals surface area contributed by atoms with Crippen molar-refractivity contribution in [2.45, 2.75) is 13.0 Å². The summed E-state index contributed by atoms with van der Waals surface area (Å²) < 4.78 is 27.9. The van der Waals surface area contributed by atoms with Gasteiger partial charge in [-0.25, -0.2) is 0 Å². The van der Waals surface area contributed by atoms with Crippen LogP contribution in [0.15, 0.2) is 34.3 Å². The molecule has 0 bridgehead atoms. The highest BCUT2D eigenvalue weighted by Gasteiger charge is 2.10. The van der Waals surface area contributed by atoms with Gasteiger partial charge in [0.15, 0.2) is 0 Å². The van der Waals surface area contributed by atoms with Crippen LogP contribution in [-0.4, -0.2) is 64.7 Å². The van der Waals surface area contributed by atoms with Gasteiger partial charge in [-0.3, -0.25) is 14.9 Å². The molecular formula is C17H25N5O3S. The van der Waals surface area contributed by atoms with Gasteiger partial charge in [0.1, 0.15) is 16.9 Å². The Labute approximate surface area is 155 Å². The molecule has 0 saturated carbocycles. The van der Waals surface area contributed by atoms with Gasteiger partial charge >= 0.3 is 0 Å². The Hall–Kier alpha value is -1.94. The molecule has 1 atom stereocenters. The first-order valence-electron chi connectivity index (χ1n) is 8.73. The second kappa shape index (κ2) is 9.67. The predicted octanol–water partition coefficient (Wildman–Crippen LogP) is 0.803. The van der Waals surface area contributed by atoms with E-state index >= 15 is 0 Å². The van der Waals surface area contributed by atoms with Crippen LogP contribution in [0.4, 0.5) is 0 Å². The lowest BCUT2D eigenvalue weighted by molar-refractivity contribution is 0.0342. The number of aromatic amines is 2. The number of aromatic nitrogens is 2. The standard InChI is InChI=1S/C17H25N5O3S/c1-18-16-17(21-26(23)20-16)19-7-2-10-25-15-5-3-14(4-6-15)13-22-8-11-24-12-9-22/h3-6H,2,7-13H2,1H3,(H,18,20)(H,19,21). The van der Waals surface area contributed by atoms with E-state index in [2.05, 4.69) is 35.8 Å². The first-order valence-corrected chi connectivity index (χ1v) is 9.88. The number of H-pyrrole nitrogens is 2. The molecule has 0 radical (unpaired) electrons. The quantitative estimate of drug-likeness (QED) is 0.549. The molecule has 3 rings (SSSR count). The molecule has 1 saturated heterocycles. The maximum atomic E-state index is 11.3. The smallest absolute Gasteiger partial charge is 0.219 e. The van der Waals surface area contributed by atoms with Crippen molar-refractivity contribution in [2.24, 2.45) is 9.98 Å². The Bertz CT molecular complexity index is 803. The number of hydrogen-bond donors (Lipinski definition) is 2. The third kappa shape index (κ3) is 5.53. The number of ether oxygens (including phenoxy) is 2. The number of nitrogens with one attached hydrogen (secondary N) is 2. The van der Waals surface area contributed by atoms with Crippen LogP contribution in [0.5, 0.6) is 5.75 Å². The van der Waals surface area contributed by atoms with Crippen molar-refractivity contribution in [1.29, 1.82) is 0 Å². The zero-order valence-corrected chi connectivity index (χ0v) is 15.8. The van der Waals surface area contributed by atoms with Gasteiger partial charge in [0.2, 0.25) is 11.0 Å². The van der Waals surface area contributed by atoms with Gasteiger partial charge < -0.3 is 14.0 Å². The predicted molar refractivity (Wildman–Crippen MR) is 98.4 cm³/mol. The zero-order chi connectivity index (χ0) is 18.2. The third-order valence-electron chi connectivity index (χ3n) is 4.10. The van der Waals surface area contributed by atoms with E-state index in [1.807, 2.05) is 12.1 Å². The fourth-order valence-corrected chi connectivity index (χ4v) is 3.46. The highest BCUT2D eigenvalue weighted by atomic mass is 32.2. The van der Waals surface area contributed by atoms with Gasteiger partial charge in [0.25, 0.3) is 0 Å². The Kier molecular flexibility index (Phi) is 7.01. The molecule has 142 valence electrons. The van der Waals surface area contributed by atoms with Crippen LogP contribution in [-0.2, 0) is 11.3 Å². The van der Waals surface area contributed by atoms with E-state index in [1.54, 1.807) is 7.05 Å². The first-order chi connectivity index (χ1) is 12.7. The number of hydrogen-bond acceptors (Lipinski definition) is 6. The summed E-state index contributed by atoms with van der Waals surface area (Å²) in [6.45, 7) is 5.72. The summed E-state index contributed by atoms with van der Waals surface area (Å²) in [6, 6.07) is 8.24. The summed E-state index contributed by atoms with van der Waals surface area (Å²) in [7, 11) is 1.63. The monoisotopic (exact) mass is 379 g/mol. The number of benzene rings is 1. The van der Waals surface area contributed by atoms with Gasteiger partial charge in [-0.2, -0.15) is 8.75 Å². The van der Waals surface area contributed by atoms with E-state index in [0.29, 0.717) is 24.1 Å². The topological polar surface area (TPSA) is 101 Å². The maximum Gasteiger partial charge on any atom is 0.219 e. The number of nitrogens with zero attached hydrogens (tertiary/aromatic N) is 3. The second-order valence-electron chi connectivity index (χ2n) is 6.01. The summed E-state index contributed by atoms with van der Waals surface area (Å²) in [5.41, 5.74) is 2.35. The molecule has 2 N–H and O–H groups in total. The van der Waals surface area contributed by atoms with E-state index in [4.69, 9.17) is 9.47 Å². The van der Waals surface area contributed by atoms with Crippen LogP contribution in [0.3, 0.4) is 0 Å². The molecule has 0 spiro atoms. The first kappa shape index (κ1) is 18.8. The van der Waals surface area contributed by atoms with Gasteiger partial charge in [0.05, 0.1) is 19.8 Å². The Balaban J connectivity index is 1.42. The SMILES string of the molecule is CN=c1[nH][s+]([O-])[nH]c1=NCCCOc1ccc(CN2CCOCC2)cc1. The van der Waals surface area contributed by atoms with Crippen molar-refractivity contribution in [1.82, 2.24) is 13.6 Å². The van der Waals surface area contributed by atoms with E-state index in [0.717, 1.165) is 45.0 Å². The van der Waals surface area contributed by atoms with E-state index in [-0.39, 0.29) is 0 Å². The molecule has 1 aromatic carbocycles. The largest absolute Gasteiger partial charge is 0.549 e. The normalized spacial score (nSPS) is 17.7. The van der Waals surface area contributed by atoms with Gasteiger partial charge in [-0.1, -0.05) is 12.1 Å². The van der Waals surface area contributed by atoms with Crippen molar-refractivity contribution < 1.29 is 14.0 Å². The maximum absolute atomic E-state index is 11.3. The van der Waals surface area contributed by atoms with Crippen molar-refractivity contribution in [3.8, 4) is 5.75 Å². The Morgan fingerprint density at radius 2 is 1.92 bits per heavy atom. The summed E-state index contributed by atoms with van der Waals surface area (Å²) in [5, 5.41) is 0.